The smallest absolute Gasteiger partial charge is 0.484 e. The summed E-state index contributed by atoms with van der Waals surface area (Å²) in [6.45, 7) is -2.82. The van der Waals surface area contributed by atoms with Crippen LogP contribution in [0.3, 0.4) is 0 Å². The number of aliphatic hydroxyl groups excluding tert-OH is 2. The quantitative estimate of drug-likeness (QED) is 0.231. The van der Waals surface area contributed by atoms with Gasteiger partial charge < -0.3 is 15.4 Å². The van der Waals surface area contributed by atoms with Crippen molar-refractivity contribution in [3.05, 3.63) is 45.7 Å². The number of nitro groups is 1. The summed E-state index contributed by atoms with van der Waals surface area (Å²) in [6.07, 6.45) is 0. The van der Waals surface area contributed by atoms with Crippen LogP contribution >= 0.6 is 0 Å². The van der Waals surface area contributed by atoms with Crippen LogP contribution < -0.4 is 0 Å². The molecule has 0 aliphatic rings. The van der Waals surface area contributed by atoms with E-state index < -0.39 is 38.7 Å². The summed E-state index contributed by atoms with van der Waals surface area (Å²) in [4.78, 5) is 8.27. The van der Waals surface area contributed by atoms with Gasteiger partial charge in [0.2, 0.25) is 0 Å². The number of nitrogens with zero attached hydrogens (tertiary/aromatic N) is 3. The average molecular weight is 305 g/mol. The van der Waals surface area contributed by atoms with E-state index in [1.807, 2.05) is 0 Å². The molecule has 0 bridgehead atoms. The van der Waals surface area contributed by atoms with E-state index in [0.717, 1.165) is 12.1 Å². The van der Waals surface area contributed by atoms with Crippen molar-refractivity contribution in [2.75, 3.05) is 13.2 Å². The third-order valence-electron chi connectivity index (χ3n) is 2.43. The second-order valence-electron chi connectivity index (χ2n) is 3.70. The summed E-state index contributed by atoms with van der Waals surface area (Å²) >= 11 is 0. The minimum atomic E-state index is -4.48. The summed E-state index contributed by atoms with van der Waals surface area (Å²) in [5, 5.41) is 40.1. The van der Waals surface area contributed by atoms with Crippen molar-refractivity contribution in [3.63, 3.8) is 0 Å². The number of hydrogen-bond donors (Lipinski definition) is 2. The lowest BCUT2D eigenvalue weighted by Gasteiger charge is -2.16. The molecule has 110 valence electrons. The highest BCUT2D eigenvalue weighted by Gasteiger charge is 2.54. The maximum atomic E-state index is 11.7. The average Bonchev–Trinajstić information content (AvgIpc) is 2.41. The Bertz CT molecular complexity index is 610. The highest BCUT2D eigenvalue weighted by molar-refractivity contribution is 7.89. The van der Waals surface area contributed by atoms with Crippen molar-refractivity contribution in [3.8, 4) is 0 Å². The van der Waals surface area contributed by atoms with Gasteiger partial charge in [0, 0.05) is 4.86 Å². The van der Waals surface area contributed by atoms with Crippen LogP contribution in [0.4, 0.5) is 0 Å². The molecular weight excluding hydrogens is 294 g/mol. The van der Waals surface area contributed by atoms with E-state index in [1.165, 1.54) is 18.2 Å². The molecule has 0 saturated heterocycles. The molecule has 0 fully saturated rings. The summed E-state index contributed by atoms with van der Waals surface area (Å²) in [6, 6.07) is 6.54. The predicted octanol–water partition coefficient (Wildman–Crippen LogP) is -0.705. The number of sulfonamides is 1. The number of hydrogen-bond acceptors (Lipinski definition) is 7. The first-order chi connectivity index (χ1) is 9.30. The lowest BCUT2D eigenvalue weighted by atomic mass is 10.2. The zero-order valence-electron chi connectivity index (χ0n) is 9.99. The van der Waals surface area contributed by atoms with E-state index in [0.29, 0.717) is 0 Å². The van der Waals surface area contributed by atoms with Crippen LogP contribution in [0.25, 0.3) is 0 Å². The van der Waals surface area contributed by atoms with Crippen molar-refractivity contribution < 1.29 is 28.4 Å². The minimum absolute atomic E-state index is 0.353. The van der Waals surface area contributed by atoms with Crippen molar-refractivity contribution in [2.24, 2.45) is 4.52 Å². The third-order valence-corrected chi connectivity index (χ3v) is 3.66. The van der Waals surface area contributed by atoms with Gasteiger partial charge in [-0.1, -0.05) is 18.2 Å². The Morgan fingerprint density at radius 2 is 1.65 bits per heavy atom. The molecule has 0 heterocycles. The SMILES string of the molecule is O=[N+]([O-])C(CO)(CO)/[N+]([O-])=N/S(=O)(=O)c1ccccc1. The molecule has 1 aromatic carbocycles. The fraction of sp³-hybridized carbons (Fsp3) is 0.333. The molecule has 2 N–H and O–H groups in total. The molecule has 11 heteroatoms. The van der Waals surface area contributed by atoms with Gasteiger partial charge in [0.15, 0.2) is 13.2 Å². The molecular formula is C9H11N3O7S. The second kappa shape index (κ2) is 5.90. The minimum Gasteiger partial charge on any atom is -0.593 e. The van der Waals surface area contributed by atoms with Gasteiger partial charge in [0.1, 0.15) is 9.44 Å². The Morgan fingerprint density at radius 3 is 2.05 bits per heavy atom. The summed E-state index contributed by atoms with van der Waals surface area (Å²) in [5.74, 6) is 0. The highest BCUT2D eigenvalue weighted by Crippen LogP contribution is 2.16. The van der Waals surface area contributed by atoms with Crippen LogP contribution in [0.15, 0.2) is 39.7 Å². The highest BCUT2D eigenvalue weighted by atomic mass is 32.2. The van der Waals surface area contributed by atoms with E-state index in [-0.39, 0.29) is 4.90 Å². The standard InChI is InChI=1S/C9H11N3O7S/c13-6-9(7-14,12(16)17)11(15)10-20(18,19)8-4-2-1-3-5-8/h1-5,13-14H,6-7H2/b11-10-. The zero-order chi connectivity index (χ0) is 15.4. The molecule has 1 aromatic rings. The summed E-state index contributed by atoms with van der Waals surface area (Å²) in [5.41, 5.74) is -2.96. The van der Waals surface area contributed by atoms with Gasteiger partial charge in [-0.3, -0.25) is 10.1 Å². The first kappa shape index (κ1) is 15.9. The van der Waals surface area contributed by atoms with Gasteiger partial charge in [0.25, 0.3) is 0 Å². The van der Waals surface area contributed by atoms with Crippen molar-refractivity contribution in [2.45, 2.75) is 10.6 Å². The maximum Gasteiger partial charge on any atom is 0.484 e. The summed E-state index contributed by atoms with van der Waals surface area (Å²) in [7, 11) is -4.48. The first-order valence-electron chi connectivity index (χ1n) is 5.17. The first-order valence-corrected chi connectivity index (χ1v) is 6.61. The van der Waals surface area contributed by atoms with Crippen molar-refractivity contribution in [1.82, 2.24) is 0 Å². The van der Waals surface area contributed by atoms with Crippen LogP contribution in [0.1, 0.15) is 0 Å². The van der Waals surface area contributed by atoms with Gasteiger partial charge in [-0.2, -0.15) is 8.42 Å². The fourth-order valence-electron chi connectivity index (χ4n) is 1.17. The van der Waals surface area contributed by atoms with E-state index in [9.17, 15) is 23.7 Å². The van der Waals surface area contributed by atoms with E-state index in [2.05, 4.69) is 4.52 Å². The molecule has 0 amide bonds. The molecule has 10 nitrogen and oxygen atoms in total. The lowest BCUT2D eigenvalue weighted by Crippen LogP contribution is -2.53. The van der Waals surface area contributed by atoms with E-state index >= 15 is 0 Å². The monoisotopic (exact) mass is 305 g/mol. The Morgan fingerprint density at radius 1 is 1.15 bits per heavy atom. The molecule has 0 saturated carbocycles. The van der Waals surface area contributed by atoms with E-state index in [1.54, 1.807) is 0 Å². The number of hydroxylamine groups is 1. The molecule has 0 spiro atoms. The van der Waals surface area contributed by atoms with Crippen LogP contribution in [-0.4, -0.2) is 47.3 Å². The molecule has 0 aliphatic heterocycles. The van der Waals surface area contributed by atoms with Gasteiger partial charge in [-0.15, -0.1) is 0 Å². The van der Waals surface area contributed by atoms with Gasteiger partial charge >= 0.3 is 15.7 Å². The Kier molecular flexibility index (Phi) is 4.70. The molecule has 0 atom stereocenters. The maximum absolute atomic E-state index is 11.7. The Balaban J connectivity index is 3.32. The Labute approximate surface area is 113 Å². The van der Waals surface area contributed by atoms with E-state index in [4.69, 9.17) is 10.2 Å². The number of rotatable bonds is 6. The molecule has 0 radical (unpaired) electrons. The van der Waals surface area contributed by atoms with Gasteiger partial charge in [-0.05, 0) is 12.1 Å². The molecule has 20 heavy (non-hydrogen) atoms. The lowest BCUT2D eigenvalue weighted by molar-refractivity contribution is -0.815. The summed E-state index contributed by atoms with van der Waals surface area (Å²) < 4.78 is 26.2. The van der Waals surface area contributed by atoms with Crippen LogP contribution in [-0.2, 0) is 10.0 Å². The molecule has 0 aromatic heterocycles. The number of aliphatic hydroxyl groups is 2. The third kappa shape index (κ3) is 2.89. The fourth-order valence-corrected chi connectivity index (χ4v) is 2.11. The van der Waals surface area contributed by atoms with Crippen LogP contribution in [0.5, 0.6) is 0 Å². The molecule has 0 unspecified atom stereocenters. The molecule has 1 rings (SSSR count). The van der Waals surface area contributed by atoms with Crippen molar-refractivity contribution in [1.29, 1.82) is 0 Å². The van der Waals surface area contributed by atoms with Crippen LogP contribution in [0.2, 0.25) is 0 Å². The second-order valence-corrected chi connectivity index (χ2v) is 5.28. The van der Waals surface area contributed by atoms with Crippen molar-refractivity contribution >= 4 is 10.0 Å². The Hall–Kier alpha value is -2.11. The normalized spacial score (nSPS) is 13.2. The number of benzene rings is 1. The van der Waals surface area contributed by atoms with Gasteiger partial charge in [-0.25, -0.2) is 0 Å². The van der Waals surface area contributed by atoms with Crippen LogP contribution in [0, 0.1) is 15.3 Å². The predicted molar refractivity (Wildman–Crippen MR) is 63.6 cm³/mol. The van der Waals surface area contributed by atoms with Gasteiger partial charge in [0.05, 0.1) is 4.90 Å². The largest absolute Gasteiger partial charge is 0.593 e. The zero-order valence-corrected chi connectivity index (χ0v) is 10.8. The topological polar surface area (TPSA) is 156 Å². The molecule has 0 aliphatic carbocycles.